The van der Waals surface area contributed by atoms with E-state index < -0.39 is 117 Å². The van der Waals surface area contributed by atoms with E-state index >= 15 is 0 Å². The first-order valence-corrected chi connectivity index (χ1v) is 11.1. The Balaban J connectivity index is 2.83. The van der Waals surface area contributed by atoms with Crippen LogP contribution in [0.1, 0.15) is 0 Å². The lowest BCUT2D eigenvalue weighted by Crippen LogP contribution is -2.65. The Labute approximate surface area is 238 Å². The maximum Gasteiger partial charge on any atom is 0.443 e. The molecule has 6 nitrogen and oxygen atoms in total. The van der Waals surface area contributed by atoms with Gasteiger partial charge in [0, 0.05) is 31.3 Å². The van der Waals surface area contributed by atoms with Gasteiger partial charge in [0.2, 0.25) is 17.5 Å². The molecule has 0 aliphatic heterocycles. The number of benzene rings is 1. The van der Waals surface area contributed by atoms with Crippen molar-refractivity contribution in [3.63, 3.8) is 0 Å². The first kappa shape index (κ1) is 31.7. The average Bonchev–Trinajstić information content (AvgIpc) is 3.57. The van der Waals surface area contributed by atoms with Gasteiger partial charge in [-0.3, -0.25) is 0 Å². The molecule has 4 rings (SSSR count). The lowest BCUT2D eigenvalue weighted by atomic mass is 10.0. The van der Waals surface area contributed by atoms with Crippen LogP contribution in [0.15, 0.2) is 34.2 Å². The number of rotatable bonds is 0. The highest BCUT2D eigenvalue weighted by atomic mass is 19.4. The predicted octanol–water partition coefficient (Wildman–Crippen LogP) is 2.13. The summed E-state index contributed by atoms with van der Waals surface area (Å²) in [6, 6.07) is 6.28. The van der Waals surface area contributed by atoms with Crippen molar-refractivity contribution in [2.75, 3.05) is 0 Å². The molecule has 45 heavy (non-hydrogen) atoms. The molecule has 0 radical (unpaired) electrons. The molecule has 0 aromatic heterocycles. The fraction of sp³-hybridized carbons (Fsp3) is 0.111. The molecule has 0 saturated heterocycles. The summed E-state index contributed by atoms with van der Waals surface area (Å²) in [6.45, 7) is 0. The summed E-state index contributed by atoms with van der Waals surface area (Å²) in [4.78, 5) is 0. The summed E-state index contributed by atoms with van der Waals surface area (Å²) in [7, 11) is 0. The van der Waals surface area contributed by atoms with Crippen molar-refractivity contribution in [3.05, 3.63) is 65.5 Å². The van der Waals surface area contributed by atoms with Gasteiger partial charge in [0.1, 0.15) is 36.4 Å². The molecule has 0 N–H and O–H groups in total. The Morgan fingerprint density at radius 2 is 0.467 bits per heavy atom. The van der Waals surface area contributed by atoms with Crippen LogP contribution in [0.3, 0.4) is 0 Å². The topological polar surface area (TPSA) is 143 Å². The fourth-order valence-electron chi connectivity index (χ4n) is 5.13. The van der Waals surface area contributed by atoms with Crippen LogP contribution in [0, 0.1) is 68.0 Å². The summed E-state index contributed by atoms with van der Waals surface area (Å²) in [5.41, 5.74) is -15.4. The number of alkyl halides is 9. The molecule has 0 heterocycles. The number of fused-ring (bicyclic) bond motifs is 6. The van der Waals surface area contributed by atoms with Gasteiger partial charge >= 0.3 is 18.5 Å². The van der Waals surface area contributed by atoms with Gasteiger partial charge in [-0.15, -0.1) is 0 Å². The van der Waals surface area contributed by atoms with E-state index in [-0.39, 0.29) is 0 Å². The Hall–Kier alpha value is -6.24. The number of hydrogen-bond acceptors (Lipinski definition) is 6. The molecule has 0 fully saturated rings. The van der Waals surface area contributed by atoms with Gasteiger partial charge in [0.25, 0.3) is 0 Å². The van der Waals surface area contributed by atoms with Gasteiger partial charge in [-0.05, 0) is 0 Å². The van der Waals surface area contributed by atoms with E-state index in [9.17, 15) is 84.3 Å². The van der Waals surface area contributed by atoms with Gasteiger partial charge < -0.3 is 0 Å². The molecular weight excluding hydrogens is 636 g/mol. The van der Waals surface area contributed by atoms with E-state index in [1.54, 1.807) is 0 Å². The van der Waals surface area contributed by atoms with E-state index in [0.29, 0.717) is 0 Å². The summed E-state index contributed by atoms with van der Waals surface area (Å²) in [5.74, 6) is -9.61. The van der Waals surface area contributed by atoms with Crippen molar-refractivity contribution in [3.8, 4) is 36.4 Å². The highest BCUT2D eigenvalue weighted by Crippen LogP contribution is 2.39. The minimum Gasteiger partial charge on any atom is -0.201 e. The van der Waals surface area contributed by atoms with E-state index in [0.717, 1.165) is 36.4 Å². The first-order valence-electron chi connectivity index (χ1n) is 11.1. The van der Waals surface area contributed by atoms with E-state index in [1.807, 2.05) is 0 Å². The van der Waals surface area contributed by atoms with Crippen molar-refractivity contribution in [2.45, 2.75) is 18.5 Å². The maximum atomic E-state index is 14.8. The summed E-state index contributed by atoms with van der Waals surface area (Å²) in [6.07, 6.45) is -18.0. The Kier molecular flexibility index (Phi) is 6.98. The van der Waals surface area contributed by atoms with Crippen LogP contribution in [0.25, 0.3) is 33.4 Å². The highest BCUT2D eigenvalue weighted by Gasteiger charge is 2.46. The minimum absolute atomic E-state index is 1.05. The molecule has 0 amide bonds. The molecule has 0 saturated carbocycles. The molecule has 0 unspecified atom stereocenters. The van der Waals surface area contributed by atoms with Gasteiger partial charge in [0.15, 0.2) is 0 Å². The summed E-state index contributed by atoms with van der Waals surface area (Å²) >= 11 is 0. The molecule has 0 atom stereocenters. The average molecular weight is 636 g/mol. The third-order valence-electron chi connectivity index (χ3n) is 6.58. The molecule has 18 heteroatoms. The zero-order chi connectivity index (χ0) is 34.1. The summed E-state index contributed by atoms with van der Waals surface area (Å²) < 4.78 is 167. The summed E-state index contributed by atoms with van der Waals surface area (Å²) in [5, 5.41) is 50.9. The van der Waals surface area contributed by atoms with Crippen molar-refractivity contribution in [1.29, 1.82) is 31.6 Å². The molecule has 222 valence electrons. The molecule has 1 aromatic rings. The van der Waals surface area contributed by atoms with Crippen molar-refractivity contribution in [2.24, 2.45) is 0 Å². The predicted molar refractivity (Wildman–Crippen MR) is 121 cm³/mol. The lowest BCUT2D eigenvalue weighted by Gasteiger charge is -2.07. The van der Waals surface area contributed by atoms with E-state index in [4.69, 9.17) is 0 Å². The van der Waals surface area contributed by atoms with Crippen molar-refractivity contribution >= 4 is 33.4 Å². The van der Waals surface area contributed by atoms with Gasteiger partial charge in [-0.1, -0.05) is 0 Å². The largest absolute Gasteiger partial charge is 0.443 e. The quantitative estimate of drug-likeness (QED) is 0.400. The Morgan fingerprint density at radius 3 is 0.556 bits per heavy atom. The third kappa shape index (κ3) is 4.16. The molecule has 0 bridgehead atoms. The van der Waals surface area contributed by atoms with E-state index in [2.05, 4.69) is 0 Å². The number of halogens is 12. The molecular formula is C27F12N6. The van der Waals surface area contributed by atoms with Gasteiger partial charge in [-0.2, -0.15) is 71.1 Å². The fourth-order valence-corrected chi connectivity index (χ4v) is 5.13. The number of nitriles is 6. The molecule has 3 aliphatic rings. The maximum absolute atomic E-state index is 14.8. The Bertz CT molecular complexity index is 2010. The van der Waals surface area contributed by atoms with Crippen LogP contribution in [0.4, 0.5) is 52.7 Å². The molecule has 3 aliphatic carbocycles. The standard InChI is InChI=1S/C27F12N6/c28-22(25(31,32)33)13-7(1-40)16-17(8(13)2-41)19-11(5-44)15(24(30)27(37,38)39)12(6-45)21(19)20-10(4-43)14(9(3-42)18(16)20)23(29)26(34,35)36. The number of hydrogen-bond donors (Lipinski definition) is 0. The zero-order valence-corrected chi connectivity index (χ0v) is 20.7. The molecule has 1 aromatic carbocycles. The third-order valence-corrected chi connectivity index (χ3v) is 6.58. The second kappa shape index (κ2) is 9.91. The number of nitrogens with zero attached hydrogens (tertiary/aromatic N) is 6. The van der Waals surface area contributed by atoms with E-state index in [1.165, 1.54) is 0 Å². The van der Waals surface area contributed by atoms with Crippen LogP contribution in [-0.4, -0.2) is 18.5 Å². The smallest absolute Gasteiger partial charge is 0.201 e. The second-order valence-electron chi connectivity index (χ2n) is 8.73. The van der Waals surface area contributed by atoms with Gasteiger partial charge in [-0.25, -0.2) is 13.2 Å². The van der Waals surface area contributed by atoms with Gasteiger partial charge in [0.05, 0.1) is 50.2 Å². The minimum atomic E-state index is -6.01. The SMILES string of the molecule is N#CC1=c2c3c(c4c(c2=C(C#N)C1=C(F)C(F)(F)F)=C(C#N)C(=C(F)C(F)(F)F)C=4C#N)=C(C#N)C(=C(F)C(F)(F)F)C=3C#N. The van der Waals surface area contributed by atoms with Crippen molar-refractivity contribution < 1.29 is 52.7 Å². The van der Waals surface area contributed by atoms with Crippen molar-refractivity contribution in [1.82, 2.24) is 0 Å². The molecule has 0 spiro atoms. The Morgan fingerprint density at radius 1 is 0.333 bits per heavy atom. The van der Waals surface area contributed by atoms with Crippen LogP contribution in [-0.2, 0) is 0 Å². The second-order valence-corrected chi connectivity index (χ2v) is 8.73. The normalized spacial score (nSPS) is 15.5. The van der Waals surface area contributed by atoms with Crippen LogP contribution in [0.2, 0.25) is 0 Å². The monoisotopic (exact) mass is 636 g/mol. The lowest BCUT2D eigenvalue weighted by molar-refractivity contribution is -0.109. The van der Waals surface area contributed by atoms with Crippen LogP contribution < -0.4 is 31.3 Å². The first-order chi connectivity index (χ1) is 20.8. The zero-order valence-electron chi connectivity index (χ0n) is 20.7. The van der Waals surface area contributed by atoms with Crippen LogP contribution >= 0.6 is 0 Å². The highest BCUT2D eigenvalue weighted by molar-refractivity contribution is 6.07. The number of allylic oxidation sites excluding steroid dienone is 6. The van der Waals surface area contributed by atoms with Crippen LogP contribution in [0.5, 0.6) is 0 Å².